The summed E-state index contributed by atoms with van der Waals surface area (Å²) in [6.45, 7) is 1.82. The number of carbonyl (C=O) groups excluding carboxylic acids is 3. The molecule has 0 aromatic heterocycles. The molecule has 1 aromatic rings. The number of benzene rings is 1. The SMILES string of the molecule is COC(=O)C1=C2C(CCC[C@@]2(C)C(=O)OC)c2cc(C(=O)OC)ccc21. The van der Waals surface area contributed by atoms with Gasteiger partial charge in [0.2, 0.25) is 0 Å². The highest BCUT2D eigenvalue weighted by molar-refractivity contribution is 6.21. The molecule has 1 fully saturated rings. The van der Waals surface area contributed by atoms with E-state index in [4.69, 9.17) is 14.2 Å². The number of hydrogen-bond donors (Lipinski definition) is 0. The van der Waals surface area contributed by atoms with E-state index in [9.17, 15) is 14.4 Å². The largest absolute Gasteiger partial charge is 0.468 e. The Hall–Kier alpha value is -2.63. The van der Waals surface area contributed by atoms with Gasteiger partial charge in [-0.15, -0.1) is 0 Å². The number of fused-ring (bicyclic) bond motifs is 3. The van der Waals surface area contributed by atoms with Crippen LogP contribution in [0.15, 0.2) is 23.8 Å². The molecular formula is C20H22O6. The van der Waals surface area contributed by atoms with Crippen LogP contribution in [0.3, 0.4) is 0 Å². The van der Waals surface area contributed by atoms with E-state index in [0.29, 0.717) is 23.1 Å². The van der Waals surface area contributed by atoms with Crippen LogP contribution in [0.2, 0.25) is 0 Å². The van der Waals surface area contributed by atoms with Gasteiger partial charge in [0.25, 0.3) is 0 Å². The quantitative estimate of drug-likeness (QED) is 0.611. The summed E-state index contributed by atoms with van der Waals surface area (Å²) in [5.41, 5.74) is 2.24. The zero-order valence-electron chi connectivity index (χ0n) is 15.4. The highest BCUT2D eigenvalue weighted by atomic mass is 16.5. The first-order chi connectivity index (χ1) is 12.4. The van der Waals surface area contributed by atoms with Gasteiger partial charge in [-0.3, -0.25) is 4.79 Å². The smallest absolute Gasteiger partial charge is 0.338 e. The second kappa shape index (κ2) is 6.59. The Morgan fingerprint density at radius 3 is 2.35 bits per heavy atom. The summed E-state index contributed by atoms with van der Waals surface area (Å²) in [5.74, 6) is -1.40. The molecule has 138 valence electrons. The predicted molar refractivity (Wildman–Crippen MR) is 93.4 cm³/mol. The van der Waals surface area contributed by atoms with Crippen molar-refractivity contribution in [1.29, 1.82) is 0 Å². The number of methoxy groups -OCH3 is 3. The fraction of sp³-hybridized carbons (Fsp3) is 0.450. The number of ether oxygens (including phenoxy) is 3. The van der Waals surface area contributed by atoms with Crippen LogP contribution in [0.5, 0.6) is 0 Å². The van der Waals surface area contributed by atoms with E-state index in [0.717, 1.165) is 24.0 Å². The summed E-state index contributed by atoms with van der Waals surface area (Å²) in [7, 11) is 4.01. The fourth-order valence-electron chi connectivity index (χ4n) is 4.31. The van der Waals surface area contributed by atoms with Crippen LogP contribution in [0.4, 0.5) is 0 Å². The van der Waals surface area contributed by atoms with Crippen LogP contribution < -0.4 is 0 Å². The summed E-state index contributed by atoms with van der Waals surface area (Å²) in [4.78, 5) is 37.1. The van der Waals surface area contributed by atoms with Crippen LogP contribution in [-0.4, -0.2) is 39.2 Å². The van der Waals surface area contributed by atoms with Crippen LogP contribution in [0, 0.1) is 5.41 Å². The summed E-state index contributed by atoms with van der Waals surface area (Å²) in [6, 6.07) is 5.11. The fourth-order valence-corrected chi connectivity index (χ4v) is 4.31. The van der Waals surface area contributed by atoms with Crippen molar-refractivity contribution in [2.45, 2.75) is 32.1 Å². The molecule has 1 aromatic carbocycles. The van der Waals surface area contributed by atoms with E-state index in [2.05, 4.69) is 0 Å². The van der Waals surface area contributed by atoms with Gasteiger partial charge in [0.1, 0.15) is 0 Å². The van der Waals surface area contributed by atoms with Gasteiger partial charge >= 0.3 is 17.9 Å². The second-order valence-corrected chi connectivity index (χ2v) is 6.84. The molecule has 0 spiro atoms. The van der Waals surface area contributed by atoms with Crippen molar-refractivity contribution >= 4 is 23.5 Å². The van der Waals surface area contributed by atoms with Crippen molar-refractivity contribution in [3.05, 3.63) is 40.5 Å². The molecule has 6 nitrogen and oxygen atoms in total. The lowest BCUT2D eigenvalue weighted by Crippen LogP contribution is -2.36. The zero-order chi connectivity index (χ0) is 19.1. The van der Waals surface area contributed by atoms with Crippen molar-refractivity contribution in [1.82, 2.24) is 0 Å². The Morgan fingerprint density at radius 1 is 1.04 bits per heavy atom. The van der Waals surface area contributed by atoms with Gasteiger partial charge < -0.3 is 14.2 Å². The molecule has 0 saturated heterocycles. The minimum atomic E-state index is -0.897. The second-order valence-electron chi connectivity index (χ2n) is 6.84. The lowest BCUT2D eigenvalue weighted by atomic mass is 9.66. The van der Waals surface area contributed by atoms with Crippen LogP contribution in [-0.2, 0) is 23.8 Å². The molecule has 6 heteroatoms. The maximum atomic E-state index is 12.6. The molecule has 1 saturated carbocycles. The van der Waals surface area contributed by atoms with E-state index in [1.807, 2.05) is 6.92 Å². The molecule has 2 atom stereocenters. The van der Waals surface area contributed by atoms with Gasteiger partial charge in [-0.2, -0.15) is 0 Å². The third-order valence-electron chi connectivity index (χ3n) is 5.52. The van der Waals surface area contributed by atoms with Gasteiger partial charge in [0.05, 0.1) is 37.9 Å². The Labute approximate surface area is 152 Å². The van der Waals surface area contributed by atoms with Crippen LogP contribution in [0.1, 0.15) is 53.6 Å². The Morgan fingerprint density at radius 2 is 1.73 bits per heavy atom. The van der Waals surface area contributed by atoms with Crippen molar-refractivity contribution < 1.29 is 28.6 Å². The van der Waals surface area contributed by atoms with Gasteiger partial charge in [-0.25, -0.2) is 9.59 Å². The van der Waals surface area contributed by atoms with Crippen LogP contribution >= 0.6 is 0 Å². The minimum absolute atomic E-state index is 0.124. The van der Waals surface area contributed by atoms with Gasteiger partial charge in [0.15, 0.2) is 0 Å². The Kier molecular flexibility index (Phi) is 4.61. The molecule has 2 aliphatic rings. The average molecular weight is 358 g/mol. The predicted octanol–water partition coefficient (Wildman–Crippen LogP) is 2.86. The third kappa shape index (κ3) is 2.52. The molecule has 1 unspecified atom stereocenters. The number of carbonyl (C=O) groups is 3. The summed E-state index contributed by atoms with van der Waals surface area (Å²) >= 11 is 0. The molecule has 0 heterocycles. The van der Waals surface area contributed by atoms with Crippen molar-refractivity contribution in [3.8, 4) is 0 Å². The third-order valence-corrected chi connectivity index (χ3v) is 5.52. The van der Waals surface area contributed by atoms with E-state index in [-0.39, 0.29) is 11.9 Å². The van der Waals surface area contributed by atoms with E-state index < -0.39 is 17.4 Å². The van der Waals surface area contributed by atoms with E-state index in [1.54, 1.807) is 18.2 Å². The number of esters is 3. The van der Waals surface area contributed by atoms with Crippen LogP contribution in [0.25, 0.3) is 5.57 Å². The summed E-state index contributed by atoms with van der Waals surface area (Å²) in [6.07, 6.45) is 2.21. The zero-order valence-corrected chi connectivity index (χ0v) is 15.4. The first kappa shape index (κ1) is 18.2. The summed E-state index contributed by atoms with van der Waals surface area (Å²) in [5, 5.41) is 0. The van der Waals surface area contributed by atoms with Crippen molar-refractivity contribution in [2.24, 2.45) is 5.41 Å². The lowest BCUT2D eigenvalue weighted by molar-refractivity contribution is -0.150. The molecule has 26 heavy (non-hydrogen) atoms. The Balaban J connectivity index is 2.23. The molecular weight excluding hydrogens is 336 g/mol. The average Bonchev–Trinajstić information content (AvgIpc) is 3.01. The van der Waals surface area contributed by atoms with Gasteiger partial charge in [0, 0.05) is 5.92 Å². The monoisotopic (exact) mass is 358 g/mol. The number of rotatable bonds is 3. The van der Waals surface area contributed by atoms with Gasteiger partial charge in [-0.1, -0.05) is 12.5 Å². The van der Waals surface area contributed by atoms with Crippen molar-refractivity contribution in [2.75, 3.05) is 21.3 Å². The first-order valence-electron chi connectivity index (χ1n) is 8.53. The molecule has 2 aliphatic carbocycles. The van der Waals surface area contributed by atoms with E-state index in [1.165, 1.54) is 21.3 Å². The standard InChI is InChI=1S/C20H22O6/c1-20(19(23)26-4)9-5-6-13-14-10-11(17(21)24-2)7-8-12(14)15(16(13)20)18(22)25-3/h7-8,10,13H,5-6,9H2,1-4H3/t13?,20-/m1/s1. The molecule has 0 bridgehead atoms. The van der Waals surface area contributed by atoms with E-state index >= 15 is 0 Å². The van der Waals surface area contributed by atoms with Gasteiger partial charge in [-0.05, 0) is 48.6 Å². The molecule has 0 radical (unpaired) electrons. The molecule has 0 aliphatic heterocycles. The highest BCUT2D eigenvalue weighted by Crippen LogP contribution is 2.57. The Bertz CT molecular complexity index is 822. The number of hydrogen-bond acceptors (Lipinski definition) is 6. The first-order valence-corrected chi connectivity index (χ1v) is 8.53. The molecule has 0 N–H and O–H groups in total. The lowest BCUT2D eigenvalue weighted by Gasteiger charge is -2.37. The maximum absolute atomic E-state index is 12.6. The molecule has 3 rings (SSSR count). The maximum Gasteiger partial charge on any atom is 0.338 e. The topological polar surface area (TPSA) is 78.9 Å². The summed E-state index contributed by atoms with van der Waals surface area (Å²) < 4.78 is 14.9. The highest BCUT2D eigenvalue weighted by Gasteiger charge is 2.51. The minimum Gasteiger partial charge on any atom is -0.468 e. The molecule has 0 amide bonds. The van der Waals surface area contributed by atoms with Crippen molar-refractivity contribution in [3.63, 3.8) is 0 Å². The normalized spacial score (nSPS) is 23.8.